The molecule has 0 aliphatic carbocycles. The maximum absolute atomic E-state index is 13.9. The van der Waals surface area contributed by atoms with Gasteiger partial charge in [0.25, 0.3) is 0 Å². The first-order chi connectivity index (χ1) is 9.94. The lowest BCUT2D eigenvalue weighted by Gasteiger charge is -2.25. The average molecular weight is 392 g/mol. The zero-order valence-corrected chi connectivity index (χ0v) is 12.6. The van der Waals surface area contributed by atoms with Crippen LogP contribution in [0.5, 0.6) is 5.75 Å². The standard InChI is InChI=1S/C12H11BrF5NO3/c1-2-22-10(21)11(14,15)9(19)7-5(12(16,17)18)3-4-6(13)8(7)20/h3-4,9,20H,2,19H2,1H3/t9-/m1/s1. The molecule has 0 radical (unpaired) electrons. The van der Waals surface area contributed by atoms with Crippen molar-refractivity contribution in [1.82, 2.24) is 0 Å². The van der Waals surface area contributed by atoms with E-state index >= 15 is 0 Å². The molecule has 22 heavy (non-hydrogen) atoms. The Morgan fingerprint density at radius 1 is 1.36 bits per heavy atom. The highest BCUT2D eigenvalue weighted by atomic mass is 79.9. The number of alkyl halides is 5. The minimum Gasteiger partial charge on any atom is -0.506 e. The number of nitrogens with two attached hydrogens (primary N) is 1. The molecule has 1 atom stereocenters. The lowest BCUT2D eigenvalue weighted by Crippen LogP contribution is -2.42. The van der Waals surface area contributed by atoms with Gasteiger partial charge in [-0.25, -0.2) is 4.79 Å². The number of aromatic hydroxyl groups is 1. The van der Waals surface area contributed by atoms with E-state index in [1.54, 1.807) is 0 Å². The summed E-state index contributed by atoms with van der Waals surface area (Å²) in [6, 6.07) is -1.43. The van der Waals surface area contributed by atoms with E-state index in [1.165, 1.54) is 6.92 Å². The number of hydrogen-bond acceptors (Lipinski definition) is 4. The van der Waals surface area contributed by atoms with Crippen LogP contribution in [0.1, 0.15) is 24.1 Å². The van der Waals surface area contributed by atoms with Crippen LogP contribution < -0.4 is 5.73 Å². The number of ether oxygens (including phenoxy) is 1. The van der Waals surface area contributed by atoms with Gasteiger partial charge in [-0.1, -0.05) is 0 Å². The molecule has 0 aliphatic heterocycles. The van der Waals surface area contributed by atoms with Gasteiger partial charge in [0.05, 0.1) is 16.6 Å². The van der Waals surface area contributed by atoms with Crippen molar-refractivity contribution >= 4 is 21.9 Å². The highest BCUT2D eigenvalue weighted by Crippen LogP contribution is 2.45. The third-order valence-corrected chi connectivity index (χ3v) is 3.36. The van der Waals surface area contributed by atoms with E-state index in [2.05, 4.69) is 20.7 Å². The van der Waals surface area contributed by atoms with Crippen molar-refractivity contribution in [3.63, 3.8) is 0 Å². The fraction of sp³-hybridized carbons (Fsp3) is 0.417. The summed E-state index contributed by atoms with van der Waals surface area (Å²) in [5, 5.41) is 9.67. The van der Waals surface area contributed by atoms with Crippen LogP contribution in [0.15, 0.2) is 16.6 Å². The average Bonchev–Trinajstić information content (AvgIpc) is 2.39. The summed E-state index contributed by atoms with van der Waals surface area (Å²) in [5.74, 6) is -7.64. The summed E-state index contributed by atoms with van der Waals surface area (Å²) in [6.45, 7) is 0.842. The van der Waals surface area contributed by atoms with Crippen molar-refractivity contribution in [2.75, 3.05) is 6.61 Å². The number of hydrogen-bond donors (Lipinski definition) is 2. The largest absolute Gasteiger partial charge is 0.506 e. The minimum atomic E-state index is -5.05. The van der Waals surface area contributed by atoms with Crippen LogP contribution in [0.2, 0.25) is 0 Å². The molecule has 4 nitrogen and oxygen atoms in total. The van der Waals surface area contributed by atoms with E-state index in [0.29, 0.717) is 6.07 Å². The van der Waals surface area contributed by atoms with Gasteiger partial charge in [-0.15, -0.1) is 0 Å². The summed E-state index contributed by atoms with van der Waals surface area (Å²) in [5.41, 5.74) is 2.28. The minimum absolute atomic E-state index is 0.273. The molecule has 0 aliphatic rings. The molecule has 0 saturated carbocycles. The number of benzene rings is 1. The molecule has 0 heterocycles. The monoisotopic (exact) mass is 391 g/mol. The van der Waals surface area contributed by atoms with Crippen molar-refractivity contribution < 1.29 is 36.6 Å². The number of carbonyl (C=O) groups excluding carboxylic acids is 1. The number of rotatable bonds is 4. The quantitative estimate of drug-likeness (QED) is 0.609. The molecule has 0 aromatic heterocycles. The second-order valence-corrected chi connectivity index (χ2v) is 5.03. The summed E-state index contributed by atoms with van der Waals surface area (Å²) in [7, 11) is 0. The molecule has 0 unspecified atom stereocenters. The summed E-state index contributed by atoms with van der Waals surface area (Å²) in [4.78, 5) is 11.2. The number of phenolic OH excluding ortho intramolecular Hbond substituents is 1. The first-order valence-electron chi connectivity index (χ1n) is 5.83. The Labute approximate surface area is 130 Å². The maximum Gasteiger partial charge on any atom is 0.416 e. The van der Waals surface area contributed by atoms with Gasteiger partial charge in [-0.3, -0.25) is 0 Å². The van der Waals surface area contributed by atoms with Crippen LogP contribution >= 0.6 is 15.9 Å². The number of halogens is 6. The highest BCUT2D eigenvalue weighted by Gasteiger charge is 2.51. The van der Waals surface area contributed by atoms with Gasteiger partial charge < -0.3 is 15.6 Å². The van der Waals surface area contributed by atoms with E-state index in [-0.39, 0.29) is 4.47 Å². The third-order valence-electron chi connectivity index (χ3n) is 2.72. The molecular formula is C12H11BrF5NO3. The van der Waals surface area contributed by atoms with Crippen LogP contribution in [-0.2, 0) is 15.7 Å². The molecule has 1 rings (SSSR count). The summed E-state index contributed by atoms with van der Waals surface area (Å²) >= 11 is 2.72. The van der Waals surface area contributed by atoms with E-state index in [4.69, 9.17) is 5.73 Å². The van der Waals surface area contributed by atoms with Crippen LogP contribution in [0.3, 0.4) is 0 Å². The van der Waals surface area contributed by atoms with Crippen LogP contribution in [0, 0.1) is 0 Å². The van der Waals surface area contributed by atoms with Gasteiger partial charge in [0.2, 0.25) is 0 Å². The second kappa shape index (κ2) is 6.37. The molecule has 0 amide bonds. The van der Waals surface area contributed by atoms with Crippen LogP contribution in [0.25, 0.3) is 0 Å². The smallest absolute Gasteiger partial charge is 0.416 e. The first kappa shape index (κ1) is 18.6. The van der Waals surface area contributed by atoms with Gasteiger partial charge in [-0.2, -0.15) is 22.0 Å². The van der Waals surface area contributed by atoms with E-state index < -0.39 is 47.6 Å². The topological polar surface area (TPSA) is 72.5 Å². The van der Waals surface area contributed by atoms with Crippen molar-refractivity contribution in [2.45, 2.75) is 25.1 Å². The molecule has 0 spiro atoms. The van der Waals surface area contributed by atoms with Crippen LogP contribution in [0.4, 0.5) is 22.0 Å². The number of carbonyl (C=O) groups is 1. The Morgan fingerprint density at radius 2 is 1.91 bits per heavy atom. The van der Waals surface area contributed by atoms with E-state index in [0.717, 1.165) is 6.07 Å². The van der Waals surface area contributed by atoms with E-state index in [1.807, 2.05) is 0 Å². The van der Waals surface area contributed by atoms with Crippen molar-refractivity contribution in [1.29, 1.82) is 0 Å². The molecule has 3 N–H and O–H groups in total. The van der Waals surface area contributed by atoms with Crippen molar-refractivity contribution in [3.8, 4) is 5.75 Å². The zero-order valence-electron chi connectivity index (χ0n) is 11.0. The fourth-order valence-corrected chi connectivity index (χ4v) is 2.02. The number of esters is 1. The predicted molar refractivity (Wildman–Crippen MR) is 69.3 cm³/mol. The van der Waals surface area contributed by atoms with Crippen molar-refractivity contribution in [2.24, 2.45) is 5.73 Å². The summed E-state index contributed by atoms with van der Waals surface area (Å²) < 4.78 is 70.3. The molecular weight excluding hydrogens is 381 g/mol. The summed E-state index contributed by atoms with van der Waals surface area (Å²) in [6.07, 6.45) is -5.05. The van der Waals surface area contributed by atoms with Crippen LogP contribution in [-0.4, -0.2) is 23.6 Å². The SMILES string of the molecule is CCOC(=O)C(F)(F)[C@H](N)c1c(C(F)(F)F)ccc(Br)c1O. The molecule has 1 aromatic carbocycles. The van der Waals surface area contributed by atoms with Crippen molar-refractivity contribution in [3.05, 3.63) is 27.7 Å². The molecule has 0 saturated heterocycles. The zero-order chi connectivity index (χ0) is 17.3. The predicted octanol–water partition coefficient (Wildman–Crippen LogP) is 3.37. The Bertz CT molecular complexity index is 577. The van der Waals surface area contributed by atoms with Gasteiger partial charge in [-0.05, 0) is 35.0 Å². The highest BCUT2D eigenvalue weighted by molar-refractivity contribution is 9.10. The molecule has 0 bridgehead atoms. The van der Waals surface area contributed by atoms with Gasteiger partial charge >= 0.3 is 18.1 Å². The third kappa shape index (κ3) is 3.49. The Balaban J connectivity index is 3.48. The van der Waals surface area contributed by atoms with E-state index in [9.17, 15) is 31.9 Å². The number of phenols is 1. The lowest BCUT2D eigenvalue weighted by atomic mass is 9.94. The maximum atomic E-state index is 13.9. The lowest BCUT2D eigenvalue weighted by molar-refractivity contribution is -0.175. The van der Waals surface area contributed by atoms with Gasteiger partial charge in [0.15, 0.2) is 0 Å². The molecule has 0 fully saturated rings. The molecule has 1 aromatic rings. The normalized spacial score (nSPS) is 13.8. The second-order valence-electron chi connectivity index (χ2n) is 4.18. The molecule has 124 valence electrons. The molecule has 10 heteroatoms. The Hall–Kier alpha value is -1.42. The fourth-order valence-electron chi connectivity index (χ4n) is 1.68. The Morgan fingerprint density at radius 3 is 2.36 bits per heavy atom. The Kier molecular flexibility index (Phi) is 5.39. The van der Waals surface area contributed by atoms with Gasteiger partial charge in [0.1, 0.15) is 11.8 Å². The first-order valence-corrected chi connectivity index (χ1v) is 6.63. The van der Waals surface area contributed by atoms with Gasteiger partial charge in [0, 0.05) is 5.56 Å².